The van der Waals surface area contributed by atoms with Crippen LogP contribution in [0.4, 0.5) is 0 Å². The lowest BCUT2D eigenvalue weighted by Crippen LogP contribution is -2.36. The molecule has 0 saturated carbocycles. The summed E-state index contributed by atoms with van der Waals surface area (Å²) in [5.74, 6) is 4.53. The first-order valence-corrected chi connectivity index (χ1v) is 8.39. The zero-order valence-corrected chi connectivity index (χ0v) is 14.0. The monoisotopic (exact) mass is 292 g/mol. The van der Waals surface area contributed by atoms with Crippen molar-refractivity contribution in [2.45, 2.75) is 83.8 Å². The van der Waals surface area contributed by atoms with Gasteiger partial charge in [-0.2, -0.15) is 0 Å². The Morgan fingerprint density at radius 3 is 1.48 bits per heavy atom. The van der Waals surface area contributed by atoms with Crippen LogP contribution in [-0.2, 0) is 9.47 Å². The highest BCUT2D eigenvalue weighted by Gasteiger charge is 2.30. The molecule has 0 aromatic carbocycles. The highest BCUT2D eigenvalue weighted by Crippen LogP contribution is 2.23. The Morgan fingerprint density at radius 1 is 0.714 bits per heavy atom. The van der Waals surface area contributed by atoms with Crippen LogP contribution in [0.3, 0.4) is 0 Å². The van der Waals surface area contributed by atoms with Gasteiger partial charge >= 0.3 is 0 Å². The van der Waals surface area contributed by atoms with Gasteiger partial charge in [-0.3, -0.25) is 0 Å². The molecule has 0 aromatic rings. The van der Waals surface area contributed by atoms with Gasteiger partial charge in [-0.15, -0.1) is 24.7 Å². The predicted octanol–water partition coefficient (Wildman–Crippen LogP) is 4.92. The van der Waals surface area contributed by atoms with E-state index in [1.807, 2.05) is 0 Å². The molecule has 21 heavy (non-hydrogen) atoms. The Morgan fingerprint density at radius 2 is 1.14 bits per heavy atom. The van der Waals surface area contributed by atoms with Crippen molar-refractivity contribution in [3.8, 4) is 24.7 Å². The average Bonchev–Trinajstić information content (AvgIpc) is 2.47. The van der Waals surface area contributed by atoms with Gasteiger partial charge < -0.3 is 9.47 Å². The van der Waals surface area contributed by atoms with E-state index in [1.165, 1.54) is 38.5 Å². The SMILES string of the molecule is C#CCC(CC#C)(OCCCCCC)OCCCCCC. The fraction of sp³-hybridized carbons (Fsp3) is 0.789. The smallest absolute Gasteiger partial charge is 0.190 e. The zero-order valence-electron chi connectivity index (χ0n) is 14.0. The molecule has 0 aliphatic rings. The van der Waals surface area contributed by atoms with E-state index in [0.717, 1.165) is 12.8 Å². The number of terminal acetylenes is 2. The third kappa shape index (κ3) is 10.4. The van der Waals surface area contributed by atoms with Gasteiger partial charge in [-0.05, 0) is 12.8 Å². The van der Waals surface area contributed by atoms with Crippen LogP contribution in [0.2, 0.25) is 0 Å². The first kappa shape index (κ1) is 20.0. The summed E-state index contributed by atoms with van der Waals surface area (Å²) in [5.41, 5.74) is 0. The van der Waals surface area contributed by atoms with Crippen LogP contribution >= 0.6 is 0 Å². The molecule has 0 amide bonds. The normalized spacial score (nSPS) is 11.0. The number of rotatable bonds is 14. The molecule has 0 atom stereocenters. The van der Waals surface area contributed by atoms with E-state index < -0.39 is 5.79 Å². The van der Waals surface area contributed by atoms with Gasteiger partial charge in [0, 0.05) is 0 Å². The maximum atomic E-state index is 5.96. The third-order valence-corrected chi connectivity index (χ3v) is 3.47. The highest BCUT2D eigenvalue weighted by atomic mass is 16.7. The molecule has 0 N–H and O–H groups in total. The molecule has 0 fully saturated rings. The lowest BCUT2D eigenvalue weighted by Gasteiger charge is -2.31. The molecule has 2 heteroatoms. The molecule has 2 nitrogen and oxygen atoms in total. The first-order chi connectivity index (χ1) is 10.2. The largest absolute Gasteiger partial charge is 0.348 e. The maximum absolute atomic E-state index is 5.96. The lowest BCUT2D eigenvalue weighted by atomic mass is 10.1. The van der Waals surface area contributed by atoms with Crippen molar-refractivity contribution in [1.82, 2.24) is 0 Å². The Bertz CT molecular complexity index is 277. The molecule has 0 unspecified atom stereocenters. The fourth-order valence-corrected chi connectivity index (χ4v) is 2.19. The summed E-state index contributed by atoms with van der Waals surface area (Å²) in [6, 6.07) is 0. The van der Waals surface area contributed by atoms with Crippen molar-refractivity contribution in [1.29, 1.82) is 0 Å². The molecule has 0 radical (unpaired) electrons. The van der Waals surface area contributed by atoms with Gasteiger partial charge in [0.15, 0.2) is 5.79 Å². The van der Waals surface area contributed by atoms with E-state index in [0.29, 0.717) is 26.1 Å². The van der Waals surface area contributed by atoms with Crippen molar-refractivity contribution < 1.29 is 9.47 Å². The van der Waals surface area contributed by atoms with E-state index in [2.05, 4.69) is 25.7 Å². The van der Waals surface area contributed by atoms with Gasteiger partial charge in [0.2, 0.25) is 0 Å². The molecule has 0 rings (SSSR count). The summed E-state index contributed by atoms with van der Waals surface area (Å²) in [6.45, 7) is 5.72. The second-order valence-electron chi connectivity index (χ2n) is 5.49. The standard InChI is InChI=1S/C19H32O2/c1-5-9-11-13-17-20-19(15-7-3,16-8-4)21-18-14-12-10-6-2/h3-4H,5-6,9-18H2,1-2H3. The van der Waals surface area contributed by atoms with Crippen LogP contribution < -0.4 is 0 Å². The molecule has 0 spiro atoms. The van der Waals surface area contributed by atoms with Crippen LogP contribution in [-0.4, -0.2) is 19.0 Å². The number of ether oxygens (including phenoxy) is 2. The van der Waals surface area contributed by atoms with E-state index in [4.69, 9.17) is 22.3 Å². The predicted molar refractivity (Wildman–Crippen MR) is 89.8 cm³/mol. The van der Waals surface area contributed by atoms with E-state index in [1.54, 1.807) is 0 Å². The Balaban J connectivity index is 4.25. The van der Waals surface area contributed by atoms with Gasteiger partial charge in [0.05, 0.1) is 26.1 Å². The maximum Gasteiger partial charge on any atom is 0.190 e. The molecule has 0 aliphatic heterocycles. The van der Waals surface area contributed by atoms with Gasteiger partial charge in [-0.25, -0.2) is 0 Å². The summed E-state index contributed by atoms with van der Waals surface area (Å²) in [7, 11) is 0. The molecule has 0 saturated heterocycles. The van der Waals surface area contributed by atoms with E-state index >= 15 is 0 Å². The van der Waals surface area contributed by atoms with Gasteiger partial charge in [-0.1, -0.05) is 52.4 Å². The fourth-order valence-electron chi connectivity index (χ4n) is 2.19. The summed E-state index contributed by atoms with van der Waals surface area (Å²) in [6.07, 6.45) is 21.1. The Hall–Kier alpha value is -0.960. The number of unbranched alkanes of at least 4 members (excludes halogenated alkanes) is 6. The van der Waals surface area contributed by atoms with Gasteiger partial charge in [0.1, 0.15) is 0 Å². The summed E-state index contributed by atoms with van der Waals surface area (Å²) in [5, 5.41) is 0. The molecular weight excluding hydrogens is 260 g/mol. The molecule has 120 valence electrons. The topological polar surface area (TPSA) is 18.5 Å². The Kier molecular flexibility index (Phi) is 13.4. The van der Waals surface area contributed by atoms with E-state index in [-0.39, 0.29) is 0 Å². The third-order valence-electron chi connectivity index (χ3n) is 3.47. The van der Waals surface area contributed by atoms with Crippen LogP contribution in [0.15, 0.2) is 0 Å². The Labute approximate surface area is 132 Å². The number of hydrogen-bond donors (Lipinski definition) is 0. The van der Waals surface area contributed by atoms with Crippen LogP contribution in [0, 0.1) is 24.7 Å². The molecule has 0 bridgehead atoms. The summed E-state index contributed by atoms with van der Waals surface area (Å²) in [4.78, 5) is 0. The second kappa shape index (κ2) is 14.0. The lowest BCUT2D eigenvalue weighted by molar-refractivity contribution is -0.231. The summed E-state index contributed by atoms with van der Waals surface area (Å²) < 4.78 is 11.9. The van der Waals surface area contributed by atoms with Crippen molar-refractivity contribution in [3.05, 3.63) is 0 Å². The van der Waals surface area contributed by atoms with Crippen LogP contribution in [0.5, 0.6) is 0 Å². The molecular formula is C19H32O2. The minimum absolute atomic E-state index is 0.415. The highest BCUT2D eigenvalue weighted by molar-refractivity contribution is 4.99. The number of hydrogen-bond acceptors (Lipinski definition) is 2. The molecule has 0 heterocycles. The van der Waals surface area contributed by atoms with E-state index in [9.17, 15) is 0 Å². The van der Waals surface area contributed by atoms with Crippen LogP contribution in [0.25, 0.3) is 0 Å². The summed E-state index contributed by atoms with van der Waals surface area (Å²) >= 11 is 0. The van der Waals surface area contributed by atoms with Crippen molar-refractivity contribution in [3.63, 3.8) is 0 Å². The first-order valence-electron chi connectivity index (χ1n) is 8.39. The quantitative estimate of drug-likeness (QED) is 0.257. The molecule has 0 aliphatic carbocycles. The van der Waals surface area contributed by atoms with Crippen molar-refractivity contribution in [2.75, 3.05) is 13.2 Å². The second-order valence-corrected chi connectivity index (χ2v) is 5.49. The average molecular weight is 292 g/mol. The van der Waals surface area contributed by atoms with Gasteiger partial charge in [0.25, 0.3) is 0 Å². The minimum atomic E-state index is -0.776. The van der Waals surface area contributed by atoms with Crippen molar-refractivity contribution >= 4 is 0 Å². The van der Waals surface area contributed by atoms with Crippen LogP contribution in [0.1, 0.15) is 78.1 Å². The molecule has 0 aromatic heterocycles. The van der Waals surface area contributed by atoms with Crippen molar-refractivity contribution in [2.24, 2.45) is 0 Å². The minimum Gasteiger partial charge on any atom is -0.348 e. The zero-order chi connectivity index (χ0) is 15.8.